The molecule has 0 aromatic rings. The van der Waals surface area contributed by atoms with Gasteiger partial charge >= 0.3 is 30.7 Å². The second-order valence-corrected chi connectivity index (χ2v) is 8.47. The van der Waals surface area contributed by atoms with Crippen LogP contribution in [0.2, 0.25) is 0 Å². The first kappa shape index (κ1) is 37.7. The van der Waals surface area contributed by atoms with Gasteiger partial charge in [-0.3, -0.25) is 9.59 Å². The van der Waals surface area contributed by atoms with Crippen LogP contribution in [-0.2, 0) is 18.8 Å². The Labute approximate surface area is 195 Å². The minimum Gasteiger partial charge on any atom is -0.481 e. The lowest BCUT2D eigenvalue weighted by Crippen LogP contribution is -2.53. The maximum Gasteiger partial charge on any atom is 0.431 e. The first-order valence-corrected chi connectivity index (χ1v) is 10.5. The van der Waals surface area contributed by atoms with Crippen LogP contribution in [0, 0.1) is 0 Å². The first-order valence-electron chi connectivity index (χ1n) is 7.36. The van der Waals surface area contributed by atoms with Crippen LogP contribution in [0.4, 0.5) is 61.5 Å². The Hall–Kier alpha value is -0.820. The molecule has 0 aromatic heterocycles. The molecule has 0 saturated carbocycles. The zero-order valence-corrected chi connectivity index (χ0v) is 18.4. The van der Waals surface area contributed by atoms with Gasteiger partial charge in [0.15, 0.2) is 0 Å². The number of carbonyl (C=O) groups is 2. The molecule has 0 bridgehead atoms. The molecule has 0 radical (unpaired) electrons. The van der Waals surface area contributed by atoms with Crippen LogP contribution in [0.1, 0.15) is 25.7 Å². The highest BCUT2D eigenvalue weighted by Crippen LogP contribution is 2.49. The van der Waals surface area contributed by atoms with E-state index < -0.39 is 82.2 Å². The van der Waals surface area contributed by atoms with Crippen molar-refractivity contribution in [3.05, 3.63) is 0 Å². The Morgan fingerprint density at radius 1 is 0.618 bits per heavy atom. The minimum atomic E-state index is -6.18. The summed E-state index contributed by atoms with van der Waals surface area (Å²) < 4.78 is 176. The number of carbonyl (C=O) groups excluding carboxylic acids is 1. The molecule has 0 saturated heterocycles. The summed E-state index contributed by atoms with van der Waals surface area (Å²) >= 11 is 4.54. The van der Waals surface area contributed by atoms with Gasteiger partial charge in [0, 0.05) is 47.0 Å². The van der Waals surface area contributed by atoms with Gasteiger partial charge in [-0.15, -0.1) is 0 Å². The molecule has 0 aliphatic carbocycles. The Morgan fingerprint density at radius 2 is 0.824 bits per heavy atom. The van der Waals surface area contributed by atoms with E-state index in [4.69, 9.17) is 9.32 Å². The van der Waals surface area contributed by atoms with E-state index in [9.17, 15) is 71.1 Å². The van der Waals surface area contributed by atoms with Gasteiger partial charge in [0.2, 0.25) is 14.5 Å². The minimum absolute atomic E-state index is 1.35. The van der Waals surface area contributed by atoms with Crippen molar-refractivity contribution < 1.29 is 80.4 Å². The number of alkyl halides is 14. The van der Waals surface area contributed by atoms with E-state index in [0.717, 1.165) is 0 Å². The molecule has 22 heteroatoms. The molecule has 4 nitrogen and oxygen atoms in total. The van der Waals surface area contributed by atoms with E-state index in [1.165, 1.54) is 0 Å². The smallest absolute Gasteiger partial charge is 0.431 e. The van der Waals surface area contributed by atoms with Gasteiger partial charge < -0.3 is 5.11 Å². The molecule has 0 aliphatic rings. The normalized spacial score (nSPS) is 13.5. The molecule has 1 N–H and O–H groups in total. The molecule has 0 heterocycles. The number of hydrogen-bond donors (Lipinski definition) is 1. The fourth-order valence-corrected chi connectivity index (χ4v) is 1.53. The van der Waals surface area contributed by atoms with E-state index in [1.54, 1.807) is 0 Å². The Balaban J connectivity index is -0.000000488. The number of carboxylic acid groups (broad SMARTS) is 1. The number of aliphatic carboxylic acids is 1. The molecule has 0 aliphatic heterocycles. The third kappa shape index (κ3) is 12.8. The summed E-state index contributed by atoms with van der Waals surface area (Å²) in [5.41, 5.74) is -10.9. The van der Waals surface area contributed by atoms with Gasteiger partial charge in [0.25, 0.3) is 11.3 Å². The van der Waals surface area contributed by atoms with Crippen molar-refractivity contribution in [2.75, 3.05) is 0 Å². The lowest BCUT2D eigenvalue weighted by atomic mass is 9.98. The van der Waals surface area contributed by atoms with Crippen molar-refractivity contribution in [3.63, 3.8) is 0 Å². The zero-order chi connectivity index (χ0) is 28.6. The van der Waals surface area contributed by atoms with Crippen LogP contribution in [0.5, 0.6) is 0 Å². The standard InChI is InChI=1S/C6H4ClF7O.C6H5F7O2.Cl2OS/c7-3(15)1-2-4(8,5(9,10)11)6(12,13)14;7-4(5(8,9)10,6(11,12)13)2-1-3(14)15;1-4(2)3/h1-2H2;1-2H2,(H,14,15);. The Bertz CT molecular complexity index is 605. The van der Waals surface area contributed by atoms with Gasteiger partial charge in [0.1, 0.15) is 0 Å². The summed E-state index contributed by atoms with van der Waals surface area (Å²) in [6.45, 7) is 0. The SMILES string of the molecule is O=C(Cl)CCC(F)(C(F)(F)F)C(F)(F)F.O=C(O)CCC(F)(C(F)(F)F)C(F)(F)F.O=S(Cl)Cl. The molecule has 206 valence electrons. The highest BCUT2D eigenvalue weighted by Gasteiger charge is 2.72. The van der Waals surface area contributed by atoms with Crippen LogP contribution in [0.3, 0.4) is 0 Å². The average Bonchev–Trinajstić information content (AvgIpc) is 2.53. The molecule has 0 fully saturated rings. The summed E-state index contributed by atoms with van der Waals surface area (Å²) in [5.74, 6) is -1.94. The lowest BCUT2D eigenvalue weighted by Gasteiger charge is -2.29. The van der Waals surface area contributed by atoms with E-state index in [1.807, 2.05) is 0 Å². The maximum atomic E-state index is 12.7. The highest BCUT2D eigenvalue weighted by atomic mass is 36.0. The molecule has 0 spiro atoms. The highest BCUT2D eigenvalue weighted by molar-refractivity contribution is 8.26. The fraction of sp³-hybridized carbons (Fsp3) is 0.833. The van der Waals surface area contributed by atoms with E-state index in [0.29, 0.717) is 0 Å². The number of carboxylic acids is 1. The average molecular weight is 622 g/mol. The van der Waals surface area contributed by atoms with Crippen molar-refractivity contribution in [2.24, 2.45) is 0 Å². The number of hydrogen-bond acceptors (Lipinski definition) is 3. The molecule has 0 atom stereocenters. The van der Waals surface area contributed by atoms with Gasteiger partial charge in [-0.05, 0) is 11.6 Å². The predicted octanol–water partition coefficient (Wildman–Crippen LogP) is 7.09. The molecule has 34 heavy (non-hydrogen) atoms. The first-order chi connectivity index (χ1) is 14.6. The van der Waals surface area contributed by atoms with E-state index in [-0.39, 0.29) is 0 Å². The summed E-state index contributed by atoms with van der Waals surface area (Å²) in [7, 11) is 7.36. The van der Waals surface area contributed by atoms with Crippen molar-refractivity contribution in [1.82, 2.24) is 0 Å². The topological polar surface area (TPSA) is 71.4 Å². The second-order valence-electron chi connectivity index (χ2n) is 5.53. The van der Waals surface area contributed by atoms with Crippen molar-refractivity contribution in [2.45, 2.75) is 61.7 Å². The molecular weight excluding hydrogens is 613 g/mol. The van der Waals surface area contributed by atoms with Crippen molar-refractivity contribution >= 4 is 53.4 Å². The van der Waals surface area contributed by atoms with Crippen LogP contribution in [-0.4, -0.2) is 56.6 Å². The van der Waals surface area contributed by atoms with Crippen LogP contribution >= 0.6 is 33.0 Å². The third-order valence-electron chi connectivity index (χ3n) is 3.15. The molecular formula is C12H9Cl3F14O4S. The van der Waals surface area contributed by atoms with Gasteiger partial charge in [-0.2, -0.15) is 52.7 Å². The molecule has 0 unspecified atom stereocenters. The summed E-state index contributed by atoms with van der Waals surface area (Å²) in [4.78, 5) is 19.8. The van der Waals surface area contributed by atoms with Gasteiger partial charge in [-0.25, -0.2) is 13.0 Å². The van der Waals surface area contributed by atoms with Crippen LogP contribution < -0.4 is 0 Å². The Kier molecular flexibility index (Phi) is 15.0. The van der Waals surface area contributed by atoms with Crippen LogP contribution in [0.15, 0.2) is 0 Å². The molecule has 0 amide bonds. The van der Waals surface area contributed by atoms with Crippen LogP contribution in [0.25, 0.3) is 0 Å². The lowest BCUT2D eigenvalue weighted by molar-refractivity contribution is -0.343. The summed E-state index contributed by atoms with van der Waals surface area (Å²) in [6, 6.07) is 0. The number of rotatable bonds is 6. The predicted molar refractivity (Wildman–Crippen MR) is 88.7 cm³/mol. The Morgan fingerprint density at radius 3 is 0.971 bits per heavy atom. The van der Waals surface area contributed by atoms with Crippen molar-refractivity contribution in [3.8, 4) is 0 Å². The molecule has 0 aromatic carbocycles. The van der Waals surface area contributed by atoms with E-state index >= 15 is 0 Å². The third-order valence-corrected chi connectivity index (χ3v) is 3.34. The summed E-state index contributed by atoms with van der Waals surface area (Å²) in [6.07, 6.45) is -31.8. The monoisotopic (exact) mass is 620 g/mol. The molecule has 0 rings (SSSR count). The van der Waals surface area contributed by atoms with E-state index in [2.05, 4.69) is 33.0 Å². The fourth-order valence-electron chi connectivity index (χ4n) is 1.44. The maximum absolute atomic E-state index is 12.7. The van der Waals surface area contributed by atoms with Gasteiger partial charge in [-0.1, -0.05) is 0 Å². The van der Waals surface area contributed by atoms with Crippen molar-refractivity contribution in [1.29, 1.82) is 0 Å². The summed E-state index contributed by atoms with van der Waals surface area (Å²) in [5, 5.41) is 6.44. The largest absolute Gasteiger partial charge is 0.481 e. The quantitative estimate of drug-likeness (QED) is 0.254. The van der Waals surface area contributed by atoms with Gasteiger partial charge in [0.05, 0.1) is 0 Å². The second kappa shape index (κ2) is 13.5. The zero-order valence-electron chi connectivity index (χ0n) is 15.3. The number of halogens is 17.